The number of hydrogen-bond donors (Lipinski definition) is 1. The molecule has 0 aliphatic heterocycles. The summed E-state index contributed by atoms with van der Waals surface area (Å²) in [7, 11) is 0. The molecule has 1 aromatic carbocycles. The van der Waals surface area contributed by atoms with Gasteiger partial charge in [0.15, 0.2) is 0 Å². The third-order valence-corrected chi connectivity index (χ3v) is 3.45. The second-order valence-corrected chi connectivity index (χ2v) is 5.12. The molecule has 0 saturated carbocycles. The lowest BCUT2D eigenvalue weighted by Gasteiger charge is -2.11. The van der Waals surface area contributed by atoms with Gasteiger partial charge in [-0.2, -0.15) is 0 Å². The first kappa shape index (κ1) is 16.3. The third kappa shape index (κ3) is 5.81. The Hall–Kier alpha value is -0.770. The van der Waals surface area contributed by atoms with Crippen LogP contribution in [0.3, 0.4) is 0 Å². The van der Waals surface area contributed by atoms with E-state index in [0.29, 0.717) is 28.6 Å². The highest BCUT2D eigenvalue weighted by atomic mass is 35.5. The fraction of sp³-hybridized carbons (Fsp3) is 0.500. The van der Waals surface area contributed by atoms with E-state index in [9.17, 15) is 9.90 Å². The van der Waals surface area contributed by atoms with Crippen LogP contribution in [0.4, 0.5) is 0 Å². The van der Waals surface area contributed by atoms with Crippen LogP contribution in [0.25, 0.3) is 0 Å². The molecule has 0 bridgehead atoms. The van der Waals surface area contributed by atoms with Crippen molar-refractivity contribution in [1.29, 1.82) is 0 Å². The van der Waals surface area contributed by atoms with Crippen molar-refractivity contribution in [2.75, 3.05) is 6.61 Å². The summed E-state index contributed by atoms with van der Waals surface area (Å²) in [6, 6.07) is 4.93. The average molecular weight is 305 g/mol. The van der Waals surface area contributed by atoms with Crippen molar-refractivity contribution >= 4 is 29.2 Å². The van der Waals surface area contributed by atoms with Gasteiger partial charge in [0, 0.05) is 6.42 Å². The van der Waals surface area contributed by atoms with Gasteiger partial charge < -0.3 is 9.84 Å². The van der Waals surface area contributed by atoms with Crippen LogP contribution in [-0.4, -0.2) is 17.7 Å². The first-order chi connectivity index (χ1) is 9.04. The van der Waals surface area contributed by atoms with E-state index in [0.717, 1.165) is 12.8 Å². The van der Waals surface area contributed by atoms with Crippen LogP contribution in [-0.2, 0) is 9.53 Å². The van der Waals surface area contributed by atoms with E-state index < -0.39 is 6.10 Å². The van der Waals surface area contributed by atoms with Crippen LogP contribution in [0.2, 0.25) is 10.0 Å². The lowest BCUT2D eigenvalue weighted by Crippen LogP contribution is -2.08. The minimum atomic E-state index is -0.742. The van der Waals surface area contributed by atoms with E-state index in [4.69, 9.17) is 27.9 Å². The molecule has 0 aliphatic rings. The summed E-state index contributed by atoms with van der Waals surface area (Å²) in [6.45, 7) is 2.47. The Morgan fingerprint density at radius 1 is 1.37 bits per heavy atom. The molecule has 3 nitrogen and oxygen atoms in total. The predicted octanol–water partition coefficient (Wildman–Crippen LogP) is 4.15. The van der Waals surface area contributed by atoms with Crippen molar-refractivity contribution in [2.45, 2.75) is 38.7 Å². The van der Waals surface area contributed by atoms with Gasteiger partial charge in [-0.25, -0.2) is 0 Å². The van der Waals surface area contributed by atoms with Gasteiger partial charge in [0.05, 0.1) is 22.8 Å². The molecule has 0 fully saturated rings. The molecular formula is C14H18Cl2O3. The second kappa shape index (κ2) is 8.41. The Morgan fingerprint density at radius 2 is 2.11 bits per heavy atom. The molecular weight excluding hydrogens is 287 g/mol. The Morgan fingerprint density at radius 3 is 2.74 bits per heavy atom. The Bertz CT molecular complexity index is 421. The third-order valence-electron chi connectivity index (χ3n) is 2.71. The molecule has 5 heteroatoms. The summed E-state index contributed by atoms with van der Waals surface area (Å²) in [6.07, 6.45) is 1.60. The first-order valence-electron chi connectivity index (χ1n) is 6.33. The maximum absolute atomic E-state index is 11.4. The molecule has 0 heterocycles. The topological polar surface area (TPSA) is 46.5 Å². The van der Waals surface area contributed by atoms with Crippen LogP contribution >= 0.6 is 23.2 Å². The summed E-state index contributed by atoms with van der Waals surface area (Å²) >= 11 is 11.7. The molecule has 0 aliphatic carbocycles. The quantitative estimate of drug-likeness (QED) is 0.608. The fourth-order valence-electron chi connectivity index (χ4n) is 1.54. The predicted molar refractivity (Wildman–Crippen MR) is 76.5 cm³/mol. The minimum Gasteiger partial charge on any atom is -0.466 e. The zero-order chi connectivity index (χ0) is 14.3. The Labute approximate surface area is 123 Å². The zero-order valence-corrected chi connectivity index (χ0v) is 12.4. The molecule has 1 aromatic rings. The van der Waals surface area contributed by atoms with Crippen LogP contribution in [0.1, 0.15) is 44.3 Å². The molecule has 0 radical (unpaired) electrons. The number of aliphatic hydroxyl groups is 1. The van der Waals surface area contributed by atoms with E-state index in [2.05, 4.69) is 0 Å². The van der Waals surface area contributed by atoms with Crippen molar-refractivity contribution in [1.82, 2.24) is 0 Å². The van der Waals surface area contributed by atoms with Gasteiger partial charge in [-0.05, 0) is 30.5 Å². The minimum absolute atomic E-state index is 0.186. The number of benzene rings is 1. The van der Waals surface area contributed by atoms with Crippen LogP contribution in [0.15, 0.2) is 18.2 Å². The highest BCUT2D eigenvalue weighted by Crippen LogP contribution is 2.27. The molecule has 0 amide bonds. The maximum atomic E-state index is 11.4. The van der Waals surface area contributed by atoms with Gasteiger partial charge in [-0.15, -0.1) is 0 Å². The van der Waals surface area contributed by atoms with Gasteiger partial charge in [-0.1, -0.05) is 42.6 Å². The van der Waals surface area contributed by atoms with E-state index in [1.807, 2.05) is 6.92 Å². The lowest BCUT2D eigenvalue weighted by molar-refractivity contribution is -0.144. The van der Waals surface area contributed by atoms with Gasteiger partial charge in [0.1, 0.15) is 0 Å². The lowest BCUT2D eigenvalue weighted by atomic mass is 10.1. The number of ether oxygens (including phenoxy) is 1. The first-order valence-corrected chi connectivity index (χ1v) is 7.08. The van der Waals surface area contributed by atoms with E-state index >= 15 is 0 Å². The van der Waals surface area contributed by atoms with Crippen LogP contribution < -0.4 is 0 Å². The second-order valence-electron chi connectivity index (χ2n) is 4.30. The van der Waals surface area contributed by atoms with E-state index in [1.54, 1.807) is 18.2 Å². The molecule has 0 saturated heterocycles. The molecule has 0 aromatic heterocycles. The number of aliphatic hydroxyl groups excluding tert-OH is 1. The standard InChI is InChI=1S/C14H18Cl2O3/c1-2-3-8-19-14(18)7-6-13(17)10-4-5-11(15)12(16)9-10/h4-5,9,13,17H,2-3,6-8H2,1H3. The molecule has 1 rings (SSSR count). The SMILES string of the molecule is CCCCOC(=O)CCC(O)c1ccc(Cl)c(Cl)c1. The summed E-state index contributed by atoms with van der Waals surface area (Å²) in [5.74, 6) is -0.285. The van der Waals surface area contributed by atoms with Gasteiger partial charge >= 0.3 is 5.97 Å². The Kier molecular flexibility index (Phi) is 7.21. The number of rotatable bonds is 7. The number of hydrogen-bond acceptors (Lipinski definition) is 3. The van der Waals surface area contributed by atoms with Gasteiger partial charge in [-0.3, -0.25) is 4.79 Å². The summed E-state index contributed by atoms with van der Waals surface area (Å²) in [4.78, 5) is 11.4. The van der Waals surface area contributed by atoms with E-state index in [1.165, 1.54) is 0 Å². The van der Waals surface area contributed by atoms with Crippen LogP contribution in [0, 0.1) is 0 Å². The Balaban J connectivity index is 2.40. The van der Waals surface area contributed by atoms with Crippen molar-refractivity contribution < 1.29 is 14.6 Å². The number of carbonyl (C=O) groups excluding carboxylic acids is 1. The molecule has 1 unspecified atom stereocenters. The smallest absolute Gasteiger partial charge is 0.305 e. The zero-order valence-electron chi connectivity index (χ0n) is 10.9. The van der Waals surface area contributed by atoms with Gasteiger partial charge in [0.25, 0.3) is 0 Å². The summed E-state index contributed by atoms with van der Waals surface area (Å²) in [5, 5.41) is 10.8. The fourth-order valence-corrected chi connectivity index (χ4v) is 1.85. The van der Waals surface area contributed by atoms with Crippen molar-refractivity contribution in [3.63, 3.8) is 0 Å². The van der Waals surface area contributed by atoms with Gasteiger partial charge in [0.2, 0.25) is 0 Å². The molecule has 0 spiro atoms. The monoisotopic (exact) mass is 304 g/mol. The van der Waals surface area contributed by atoms with Crippen molar-refractivity contribution in [2.24, 2.45) is 0 Å². The normalized spacial score (nSPS) is 12.2. The molecule has 19 heavy (non-hydrogen) atoms. The van der Waals surface area contributed by atoms with E-state index in [-0.39, 0.29) is 12.4 Å². The van der Waals surface area contributed by atoms with Crippen molar-refractivity contribution in [3.05, 3.63) is 33.8 Å². The highest BCUT2D eigenvalue weighted by Gasteiger charge is 2.12. The summed E-state index contributed by atoms with van der Waals surface area (Å²) < 4.78 is 5.01. The molecule has 106 valence electrons. The number of unbranched alkanes of at least 4 members (excludes halogenated alkanes) is 1. The number of halogens is 2. The highest BCUT2D eigenvalue weighted by molar-refractivity contribution is 6.42. The molecule has 1 atom stereocenters. The average Bonchev–Trinajstić information content (AvgIpc) is 2.39. The van der Waals surface area contributed by atoms with Crippen LogP contribution in [0.5, 0.6) is 0 Å². The summed E-state index contributed by atoms with van der Waals surface area (Å²) in [5.41, 5.74) is 0.649. The largest absolute Gasteiger partial charge is 0.466 e. The number of esters is 1. The molecule has 1 N–H and O–H groups in total. The maximum Gasteiger partial charge on any atom is 0.305 e. The van der Waals surface area contributed by atoms with Crippen molar-refractivity contribution in [3.8, 4) is 0 Å². The number of carbonyl (C=O) groups is 1.